The van der Waals surface area contributed by atoms with Crippen LogP contribution in [-0.4, -0.2) is 59.0 Å². The van der Waals surface area contributed by atoms with Crippen molar-refractivity contribution in [2.24, 2.45) is 5.41 Å². The smallest absolute Gasteiger partial charge is 0.330 e. The molecule has 166 valence electrons. The number of amides is 4. The molecule has 4 atom stereocenters. The van der Waals surface area contributed by atoms with E-state index in [1.54, 1.807) is 6.07 Å². The third-order valence-electron chi connectivity index (χ3n) is 6.47. The third kappa shape index (κ3) is 3.16. The number of hydrogen-bond acceptors (Lipinski definition) is 7. The van der Waals surface area contributed by atoms with E-state index in [0.29, 0.717) is 18.5 Å². The Kier molecular flexibility index (Phi) is 5.20. The van der Waals surface area contributed by atoms with Crippen molar-refractivity contribution in [1.82, 2.24) is 10.2 Å². The fourth-order valence-electron chi connectivity index (χ4n) is 5.20. The molecule has 10 heteroatoms. The summed E-state index contributed by atoms with van der Waals surface area (Å²) < 4.78 is 6.01. The van der Waals surface area contributed by atoms with Gasteiger partial charge < -0.3 is 9.64 Å². The highest BCUT2D eigenvalue weighted by Crippen LogP contribution is 2.48. The number of imide groups is 2. The first-order valence-electron chi connectivity index (χ1n) is 10.6. The van der Waals surface area contributed by atoms with Gasteiger partial charge in [0.25, 0.3) is 5.69 Å². The first-order chi connectivity index (χ1) is 14.7. The van der Waals surface area contributed by atoms with Gasteiger partial charge in [-0.2, -0.15) is 0 Å². The van der Waals surface area contributed by atoms with E-state index in [-0.39, 0.29) is 24.8 Å². The number of unbranched alkanes of at least 4 members (excludes halogenated alkanes) is 1. The number of carbonyl (C=O) groups is 3. The van der Waals surface area contributed by atoms with Crippen LogP contribution in [0.5, 0.6) is 0 Å². The molecule has 3 aliphatic rings. The van der Waals surface area contributed by atoms with Gasteiger partial charge in [0.05, 0.1) is 23.2 Å². The Morgan fingerprint density at radius 1 is 1.29 bits per heavy atom. The van der Waals surface area contributed by atoms with Crippen LogP contribution in [0.2, 0.25) is 0 Å². The molecule has 1 aromatic carbocycles. The number of anilines is 1. The molecule has 3 heterocycles. The van der Waals surface area contributed by atoms with Gasteiger partial charge in [-0.3, -0.25) is 29.9 Å². The van der Waals surface area contributed by atoms with Gasteiger partial charge in [0, 0.05) is 37.3 Å². The van der Waals surface area contributed by atoms with Crippen molar-refractivity contribution in [2.45, 2.75) is 58.3 Å². The largest absolute Gasteiger partial charge is 0.372 e. The molecule has 1 spiro atoms. The molecule has 1 N–H and O–H groups in total. The summed E-state index contributed by atoms with van der Waals surface area (Å²) in [7, 11) is 0. The van der Waals surface area contributed by atoms with Crippen molar-refractivity contribution in [3.63, 3.8) is 0 Å². The summed E-state index contributed by atoms with van der Waals surface area (Å²) >= 11 is 0. The Labute approximate surface area is 179 Å². The summed E-state index contributed by atoms with van der Waals surface area (Å²) in [6.45, 7) is 6.29. The van der Waals surface area contributed by atoms with E-state index in [1.165, 1.54) is 12.1 Å². The number of nitrogens with one attached hydrogen (secondary N) is 1. The standard InChI is InChI=1S/C21H26N4O6/c1-4-5-8-23-19(27)21(18(26)22-20(23)28)10-14-9-15(25(29)30)6-7-16(14)24-11-12(2)31-13(3)17(21)24/h6-7,9,12-13,17H,4-5,8,10-11H2,1-3H3,(H,22,26,28)/t12-,13-,17-,21+/m1/s1. The fourth-order valence-corrected chi connectivity index (χ4v) is 5.20. The Bertz CT molecular complexity index is 965. The zero-order chi connectivity index (χ0) is 22.5. The van der Waals surface area contributed by atoms with E-state index in [9.17, 15) is 24.5 Å². The molecular formula is C21H26N4O6. The van der Waals surface area contributed by atoms with Gasteiger partial charge in [-0.05, 0) is 31.9 Å². The molecule has 2 fully saturated rings. The minimum atomic E-state index is -1.61. The van der Waals surface area contributed by atoms with Crippen molar-refractivity contribution < 1.29 is 24.0 Å². The normalized spacial score (nSPS) is 30.2. The maximum Gasteiger partial charge on any atom is 0.330 e. The number of urea groups is 1. The molecule has 0 unspecified atom stereocenters. The van der Waals surface area contributed by atoms with Crippen LogP contribution in [0.1, 0.15) is 39.2 Å². The SMILES string of the molecule is CCCCN1C(=O)NC(=O)[C@@]2(Cc3cc([N+](=O)[O-])ccc3N3C[C@@H](C)O[C@H](C)[C@@H]32)C1=O. The molecule has 10 nitrogen and oxygen atoms in total. The number of non-ortho nitro benzene ring substituents is 1. The number of barbiturate groups is 1. The quantitative estimate of drug-likeness (QED) is 0.440. The summed E-state index contributed by atoms with van der Waals surface area (Å²) in [5, 5.41) is 13.7. The Morgan fingerprint density at radius 3 is 2.71 bits per heavy atom. The van der Waals surface area contributed by atoms with Crippen molar-refractivity contribution in [3.8, 4) is 0 Å². The van der Waals surface area contributed by atoms with E-state index >= 15 is 0 Å². The van der Waals surface area contributed by atoms with E-state index in [2.05, 4.69) is 5.32 Å². The molecule has 0 radical (unpaired) electrons. The highest BCUT2D eigenvalue weighted by Gasteiger charge is 2.64. The van der Waals surface area contributed by atoms with Crippen LogP contribution in [0.15, 0.2) is 18.2 Å². The zero-order valence-corrected chi connectivity index (χ0v) is 17.8. The van der Waals surface area contributed by atoms with Crippen LogP contribution in [0.25, 0.3) is 0 Å². The minimum absolute atomic E-state index is 0.0339. The number of rotatable bonds is 4. The van der Waals surface area contributed by atoms with Crippen molar-refractivity contribution in [1.29, 1.82) is 0 Å². The lowest BCUT2D eigenvalue weighted by atomic mass is 9.66. The van der Waals surface area contributed by atoms with Gasteiger partial charge in [-0.15, -0.1) is 0 Å². The predicted octanol–water partition coefficient (Wildman–Crippen LogP) is 2.00. The van der Waals surface area contributed by atoms with E-state index < -0.39 is 40.3 Å². The average Bonchev–Trinajstić information content (AvgIpc) is 2.71. The predicted molar refractivity (Wildman–Crippen MR) is 111 cm³/mol. The lowest BCUT2D eigenvalue weighted by molar-refractivity contribution is -0.384. The van der Waals surface area contributed by atoms with Gasteiger partial charge in [-0.25, -0.2) is 4.79 Å². The van der Waals surface area contributed by atoms with Crippen LogP contribution in [0.3, 0.4) is 0 Å². The van der Waals surface area contributed by atoms with Crippen LogP contribution in [0.4, 0.5) is 16.2 Å². The van der Waals surface area contributed by atoms with Gasteiger partial charge in [0.15, 0.2) is 5.41 Å². The molecule has 4 amide bonds. The molecule has 3 aliphatic heterocycles. The van der Waals surface area contributed by atoms with Gasteiger partial charge in [-0.1, -0.05) is 13.3 Å². The minimum Gasteiger partial charge on any atom is -0.372 e. The Hall–Kier alpha value is -3.01. The number of hydrogen-bond donors (Lipinski definition) is 1. The van der Waals surface area contributed by atoms with Crippen LogP contribution < -0.4 is 10.2 Å². The molecule has 1 aromatic rings. The van der Waals surface area contributed by atoms with E-state index in [1.807, 2.05) is 25.7 Å². The average molecular weight is 430 g/mol. The second-order valence-electron chi connectivity index (χ2n) is 8.54. The number of fused-ring (bicyclic) bond motifs is 4. The summed E-state index contributed by atoms with van der Waals surface area (Å²) in [6.07, 6.45) is 0.725. The first-order valence-corrected chi connectivity index (χ1v) is 10.6. The maximum atomic E-state index is 13.8. The molecule has 0 bridgehead atoms. The van der Waals surface area contributed by atoms with Crippen LogP contribution >= 0.6 is 0 Å². The van der Waals surface area contributed by atoms with Crippen molar-refractivity contribution >= 4 is 29.2 Å². The molecule has 2 saturated heterocycles. The number of nitro groups is 1. The maximum absolute atomic E-state index is 13.8. The monoisotopic (exact) mass is 430 g/mol. The highest BCUT2D eigenvalue weighted by atomic mass is 16.6. The first kappa shape index (κ1) is 21.2. The number of benzene rings is 1. The second kappa shape index (κ2) is 7.60. The summed E-state index contributed by atoms with van der Waals surface area (Å²) in [6, 6.07) is 3.17. The Morgan fingerprint density at radius 2 is 2.03 bits per heavy atom. The summed E-state index contributed by atoms with van der Waals surface area (Å²) in [4.78, 5) is 53.5. The number of nitro benzene ring substituents is 1. The van der Waals surface area contributed by atoms with Crippen LogP contribution in [-0.2, 0) is 20.7 Å². The molecule has 0 aliphatic carbocycles. The number of ether oxygens (including phenoxy) is 1. The van der Waals surface area contributed by atoms with Gasteiger partial charge in [0.1, 0.15) is 0 Å². The fraction of sp³-hybridized carbons (Fsp3) is 0.571. The number of nitrogens with zero attached hydrogens (tertiary/aromatic N) is 3. The molecule has 31 heavy (non-hydrogen) atoms. The second-order valence-corrected chi connectivity index (χ2v) is 8.54. The summed E-state index contributed by atoms with van der Waals surface area (Å²) in [5.74, 6) is -1.24. The Balaban J connectivity index is 1.88. The zero-order valence-electron chi connectivity index (χ0n) is 17.8. The topological polar surface area (TPSA) is 122 Å². The van der Waals surface area contributed by atoms with E-state index in [4.69, 9.17) is 4.74 Å². The molecular weight excluding hydrogens is 404 g/mol. The summed E-state index contributed by atoms with van der Waals surface area (Å²) in [5.41, 5.74) is -0.422. The molecule has 0 aromatic heterocycles. The van der Waals surface area contributed by atoms with Crippen LogP contribution in [0, 0.1) is 15.5 Å². The van der Waals surface area contributed by atoms with Crippen molar-refractivity contribution in [3.05, 3.63) is 33.9 Å². The third-order valence-corrected chi connectivity index (χ3v) is 6.47. The molecule has 0 saturated carbocycles. The number of morpholine rings is 1. The lowest BCUT2D eigenvalue weighted by Gasteiger charge is -2.56. The lowest BCUT2D eigenvalue weighted by Crippen LogP contribution is -2.75. The molecule has 4 rings (SSSR count). The van der Waals surface area contributed by atoms with Gasteiger partial charge >= 0.3 is 6.03 Å². The van der Waals surface area contributed by atoms with Crippen molar-refractivity contribution in [2.75, 3.05) is 18.0 Å². The number of carbonyl (C=O) groups excluding carboxylic acids is 3. The van der Waals surface area contributed by atoms with E-state index in [0.717, 1.165) is 17.0 Å². The van der Waals surface area contributed by atoms with Gasteiger partial charge in [0.2, 0.25) is 11.8 Å². The highest BCUT2D eigenvalue weighted by molar-refractivity contribution is 6.20.